The number of hydrogen-bond acceptors (Lipinski definition) is 4. The van der Waals surface area contributed by atoms with Crippen molar-refractivity contribution < 1.29 is 4.79 Å². The Morgan fingerprint density at radius 2 is 2.35 bits per heavy atom. The zero-order valence-electron chi connectivity index (χ0n) is 12.2. The van der Waals surface area contributed by atoms with Gasteiger partial charge >= 0.3 is 6.03 Å². The highest BCUT2D eigenvalue weighted by Crippen LogP contribution is 2.13. The number of nitrogens with zero attached hydrogens (tertiary/aromatic N) is 4. The van der Waals surface area contributed by atoms with E-state index in [4.69, 9.17) is 0 Å². The van der Waals surface area contributed by atoms with Crippen LogP contribution in [0.5, 0.6) is 0 Å². The van der Waals surface area contributed by atoms with Crippen LogP contribution in [0.25, 0.3) is 0 Å². The Kier molecular flexibility index (Phi) is 5.29. The first kappa shape index (κ1) is 14.7. The minimum atomic E-state index is 0.0282. The molecular weight excluding hydrogens is 254 g/mol. The number of urea groups is 1. The van der Waals surface area contributed by atoms with Crippen LogP contribution < -0.4 is 5.32 Å². The van der Waals surface area contributed by atoms with Crippen LogP contribution in [-0.4, -0.2) is 65.6 Å². The molecule has 0 spiro atoms. The van der Waals surface area contributed by atoms with E-state index in [9.17, 15) is 4.79 Å². The molecule has 1 aliphatic rings. The van der Waals surface area contributed by atoms with Crippen molar-refractivity contribution in [2.45, 2.75) is 25.3 Å². The molecule has 1 unspecified atom stereocenters. The van der Waals surface area contributed by atoms with Gasteiger partial charge in [-0.3, -0.25) is 9.97 Å². The predicted octanol–water partition coefficient (Wildman–Crippen LogP) is 0.755. The van der Waals surface area contributed by atoms with Gasteiger partial charge < -0.3 is 15.1 Å². The zero-order chi connectivity index (χ0) is 14.4. The third-order valence-corrected chi connectivity index (χ3v) is 3.69. The van der Waals surface area contributed by atoms with Crippen LogP contribution >= 0.6 is 0 Å². The molecule has 0 bridgehead atoms. The Morgan fingerprint density at radius 1 is 1.50 bits per heavy atom. The second-order valence-corrected chi connectivity index (χ2v) is 5.38. The quantitative estimate of drug-likeness (QED) is 0.882. The van der Waals surface area contributed by atoms with Crippen LogP contribution in [0.1, 0.15) is 18.5 Å². The maximum absolute atomic E-state index is 12.1. The minimum Gasteiger partial charge on any atom is -0.338 e. The molecule has 1 aliphatic heterocycles. The molecule has 20 heavy (non-hydrogen) atoms. The van der Waals surface area contributed by atoms with E-state index in [0.717, 1.165) is 31.6 Å². The molecule has 110 valence electrons. The van der Waals surface area contributed by atoms with E-state index < -0.39 is 0 Å². The largest absolute Gasteiger partial charge is 0.338 e. The lowest BCUT2D eigenvalue weighted by molar-refractivity contribution is 0.140. The van der Waals surface area contributed by atoms with Gasteiger partial charge in [0.25, 0.3) is 0 Å². The van der Waals surface area contributed by atoms with E-state index in [1.807, 2.05) is 4.90 Å². The smallest absolute Gasteiger partial charge is 0.317 e. The third kappa shape index (κ3) is 4.16. The maximum atomic E-state index is 12.1. The first-order valence-electron chi connectivity index (χ1n) is 7.11. The van der Waals surface area contributed by atoms with Gasteiger partial charge in [-0.25, -0.2) is 4.79 Å². The Hall–Kier alpha value is -1.69. The highest BCUT2D eigenvalue weighted by molar-refractivity contribution is 5.74. The van der Waals surface area contributed by atoms with E-state index in [2.05, 4.69) is 34.3 Å². The van der Waals surface area contributed by atoms with Crippen molar-refractivity contribution in [1.82, 2.24) is 25.1 Å². The Labute approximate surface area is 120 Å². The topological polar surface area (TPSA) is 61.4 Å². The summed E-state index contributed by atoms with van der Waals surface area (Å²) in [4.78, 5) is 24.4. The third-order valence-electron chi connectivity index (χ3n) is 3.69. The SMILES string of the molecule is CN(C)C1CCCN(C(=O)NCCc2cnccn2)C1. The summed E-state index contributed by atoms with van der Waals surface area (Å²) in [6.45, 7) is 2.26. The van der Waals surface area contributed by atoms with Crippen molar-refractivity contribution in [3.8, 4) is 0 Å². The average Bonchev–Trinajstić information content (AvgIpc) is 2.48. The lowest BCUT2D eigenvalue weighted by Gasteiger charge is -2.36. The van der Waals surface area contributed by atoms with Gasteiger partial charge in [0.2, 0.25) is 0 Å². The van der Waals surface area contributed by atoms with E-state index in [1.165, 1.54) is 0 Å². The van der Waals surface area contributed by atoms with Crippen molar-refractivity contribution >= 4 is 6.03 Å². The Morgan fingerprint density at radius 3 is 3.05 bits per heavy atom. The van der Waals surface area contributed by atoms with Gasteiger partial charge in [0.05, 0.1) is 5.69 Å². The fourth-order valence-corrected chi connectivity index (χ4v) is 2.43. The maximum Gasteiger partial charge on any atom is 0.317 e. The van der Waals surface area contributed by atoms with Crippen molar-refractivity contribution in [2.75, 3.05) is 33.7 Å². The fraction of sp³-hybridized carbons (Fsp3) is 0.643. The predicted molar refractivity (Wildman–Crippen MR) is 77.4 cm³/mol. The van der Waals surface area contributed by atoms with Gasteiger partial charge in [0, 0.05) is 50.7 Å². The number of likely N-dealkylation sites (tertiary alicyclic amines) is 1. The van der Waals surface area contributed by atoms with Crippen LogP contribution in [0.2, 0.25) is 0 Å². The van der Waals surface area contributed by atoms with E-state index in [-0.39, 0.29) is 6.03 Å². The molecule has 1 N–H and O–H groups in total. The molecule has 1 fully saturated rings. The van der Waals surface area contributed by atoms with Gasteiger partial charge in [-0.05, 0) is 26.9 Å². The lowest BCUT2D eigenvalue weighted by atomic mass is 10.1. The standard InChI is InChI=1S/C14H23N5O/c1-18(2)13-4-3-9-19(11-13)14(20)17-6-5-12-10-15-7-8-16-12/h7-8,10,13H,3-6,9,11H2,1-2H3,(H,17,20). The van der Waals surface area contributed by atoms with Crippen molar-refractivity contribution in [1.29, 1.82) is 0 Å². The minimum absolute atomic E-state index is 0.0282. The lowest BCUT2D eigenvalue weighted by Crippen LogP contribution is -2.51. The number of piperidine rings is 1. The van der Waals surface area contributed by atoms with E-state index in [0.29, 0.717) is 19.0 Å². The number of carbonyl (C=O) groups is 1. The second kappa shape index (κ2) is 7.19. The highest BCUT2D eigenvalue weighted by Gasteiger charge is 2.24. The van der Waals surface area contributed by atoms with E-state index in [1.54, 1.807) is 18.6 Å². The zero-order valence-corrected chi connectivity index (χ0v) is 12.2. The molecule has 0 aromatic carbocycles. The monoisotopic (exact) mass is 277 g/mol. The number of nitrogens with one attached hydrogen (secondary N) is 1. The Balaban J connectivity index is 1.74. The van der Waals surface area contributed by atoms with Crippen LogP contribution in [0.15, 0.2) is 18.6 Å². The summed E-state index contributed by atoms with van der Waals surface area (Å²) in [5.74, 6) is 0. The summed E-state index contributed by atoms with van der Waals surface area (Å²) >= 11 is 0. The molecule has 1 aromatic rings. The molecule has 0 aliphatic carbocycles. The number of hydrogen-bond donors (Lipinski definition) is 1. The molecule has 1 atom stereocenters. The molecular formula is C14H23N5O. The molecule has 1 saturated heterocycles. The van der Waals surface area contributed by atoms with Gasteiger partial charge in [-0.15, -0.1) is 0 Å². The molecule has 0 radical (unpaired) electrons. The van der Waals surface area contributed by atoms with Crippen LogP contribution in [-0.2, 0) is 6.42 Å². The van der Waals surface area contributed by atoms with Gasteiger partial charge in [0.15, 0.2) is 0 Å². The molecule has 1 aromatic heterocycles. The first-order valence-corrected chi connectivity index (χ1v) is 7.11. The summed E-state index contributed by atoms with van der Waals surface area (Å²) in [5.41, 5.74) is 0.901. The van der Waals surface area contributed by atoms with E-state index >= 15 is 0 Å². The van der Waals surface area contributed by atoms with Crippen molar-refractivity contribution in [3.05, 3.63) is 24.3 Å². The van der Waals surface area contributed by atoms with Crippen LogP contribution in [0, 0.1) is 0 Å². The normalized spacial score (nSPS) is 19.1. The van der Waals surface area contributed by atoms with Gasteiger partial charge in [-0.1, -0.05) is 0 Å². The number of amides is 2. The number of carbonyl (C=O) groups excluding carboxylic acids is 1. The number of rotatable bonds is 4. The summed E-state index contributed by atoms with van der Waals surface area (Å²) in [6.07, 6.45) is 8.00. The van der Waals surface area contributed by atoms with Crippen LogP contribution in [0.4, 0.5) is 4.79 Å². The second-order valence-electron chi connectivity index (χ2n) is 5.38. The van der Waals surface area contributed by atoms with Crippen molar-refractivity contribution in [2.24, 2.45) is 0 Å². The summed E-state index contributed by atoms with van der Waals surface area (Å²) in [5, 5.41) is 2.96. The Bertz CT molecular complexity index is 423. The van der Waals surface area contributed by atoms with Gasteiger partial charge in [-0.2, -0.15) is 0 Å². The highest BCUT2D eigenvalue weighted by atomic mass is 16.2. The molecule has 6 heteroatoms. The van der Waals surface area contributed by atoms with Crippen molar-refractivity contribution in [3.63, 3.8) is 0 Å². The number of aromatic nitrogens is 2. The fourth-order valence-electron chi connectivity index (χ4n) is 2.43. The summed E-state index contributed by atoms with van der Waals surface area (Å²) in [6, 6.07) is 0.495. The summed E-state index contributed by atoms with van der Waals surface area (Å²) in [7, 11) is 4.14. The van der Waals surface area contributed by atoms with Crippen LogP contribution in [0.3, 0.4) is 0 Å². The number of likely N-dealkylation sites (N-methyl/N-ethyl adjacent to an activating group) is 1. The van der Waals surface area contributed by atoms with Gasteiger partial charge in [0.1, 0.15) is 0 Å². The molecule has 6 nitrogen and oxygen atoms in total. The molecule has 2 rings (SSSR count). The summed E-state index contributed by atoms with van der Waals surface area (Å²) < 4.78 is 0. The average molecular weight is 277 g/mol. The first-order chi connectivity index (χ1) is 9.66. The molecule has 2 amide bonds. The molecule has 2 heterocycles. The molecule has 0 saturated carbocycles.